The zero-order valence-electron chi connectivity index (χ0n) is 44.5. The molecule has 11 heteroatoms. The second kappa shape index (κ2) is 48.4. The molecule has 0 saturated carbocycles. The van der Waals surface area contributed by atoms with E-state index in [2.05, 4.69) is 31.3 Å². The van der Waals surface area contributed by atoms with E-state index in [-0.39, 0.29) is 18.5 Å². The maximum absolute atomic E-state index is 13.0. The first-order valence-electron chi connectivity index (χ1n) is 29.1. The van der Waals surface area contributed by atoms with Crippen molar-refractivity contribution in [2.75, 3.05) is 19.8 Å². The second-order valence-corrected chi connectivity index (χ2v) is 20.3. The van der Waals surface area contributed by atoms with Crippen LogP contribution in [0.25, 0.3) is 0 Å². The van der Waals surface area contributed by atoms with E-state index < -0.39 is 49.5 Å². The van der Waals surface area contributed by atoms with Crippen LogP contribution in [-0.2, 0) is 23.8 Å². The molecule has 1 amide bonds. The van der Waals surface area contributed by atoms with E-state index in [0.29, 0.717) is 19.4 Å². The highest BCUT2D eigenvalue weighted by molar-refractivity contribution is 5.76. The monoisotopic (exact) mass is 980 g/mol. The predicted octanol–water partition coefficient (Wildman–Crippen LogP) is 12.9. The van der Waals surface area contributed by atoms with E-state index in [9.17, 15) is 35.1 Å². The van der Waals surface area contributed by atoms with Crippen LogP contribution in [0.15, 0.2) is 24.3 Å². The molecule has 1 aliphatic heterocycles. The molecule has 0 bridgehead atoms. The summed E-state index contributed by atoms with van der Waals surface area (Å²) in [7, 11) is 0. The van der Waals surface area contributed by atoms with E-state index in [1.54, 1.807) is 6.08 Å². The summed E-state index contributed by atoms with van der Waals surface area (Å²) in [6.45, 7) is 4.28. The maximum Gasteiger partial charge on any atom is 0.305 e. The van der Waals surface area contributed by atoms with Gasteiger partial charge in [-0.3, -0.25) is 9.59 Å². The Bertz CT molecular complexity index is 1200. The summed E-state index contributed by atoms with van der Waals surface area (Å²) in [5.41, 5.74) is 0. The van der Waals surface area contributed by atoms with Gasteiger partial charge in [-0.05, 0) is 57.8 Å². The molecule has 0 aromatic heterocycles. The highest BCUT2D eigenvalue weighted by atomic mass is 16.7. The quantitative estimate of drug-likeness (QED) is 0.0196. The number of allylic oxidation sites excluding steroid dienone is 3. The third kappa shape index (κ3) is 38.4. The Labute approximate surface area is 422 Å². The number of amides is 1. The van der Waals surface area contributed by atoms with Crippen LogP contribution in [0, 0.1) is 0 Å². The topological polar surface area (TPSA) is 175 Å². The van der Waals surface area contributed by atoms with Crippen LogP contribution in [0.3, 0.4) is 0 Å². The number of aliphatic hydroxyl groups excluding tert-OH is 5. The zero-order valence-corrected chi connectivity index (χ0v) is 44.5. The summed E-state index contributed by atoms with van der Waals surface area (Å²) in [6, 6.07) is -0.816. The Morgan fingerprint density at radius 1 is 0.522 bits per heavy atom. The molecule has 0 radical (unpaired) electrons. The normalized spacial score (nSPS) is 19.4. The highest BCUT2D eigenvalue weighted by Crippen LogP contribution is 2.23. The van der Waals surface area contributed by atoms with Gasteiger partial charge >= 0.3 is 5.97 Å². The summed E-state index contributed by atoms with van der Waals surface area (Å²) in [5, 5.41) is 54.2. The van der Waals surface area contributed by atoms with Crippen molar-refractivity contribution >= 4 is 11.9 Å². The van der Waals surface area contributed by atoms with Crippen molar-refractivity contribution in [1.82, 2.24) is 5.32 Å². The van der Waals surface area contributed by atoms with E-state index >= 15 is 0 Å². The molecule has 1 aliphatic rings. The fraction of sp³-hybridized carbons (Fsp3) is 0.897. The second-order valence-electron chi connectivity index (χ2n) is 20.3. The van der Waals surface area contributed by atoms with Crippen LogP contribution in [0.1, 0.15) is 271 Å². The van der Waals surface area contributed by atoms with Crippen molar-refractivity contribution in [3.63, 3.8) is 0 Å². The molecule has 1 rings (SSSR count). The lowest BCUT2D eigenvalue weighted by Gasteiger charge is -2.40. The molecule has 0 spiro atoms. The summed E-state index contributed by atoms with van der Waals surface area (Å²) in [6.07, 6.45) is 47.0. The molecule has 7 atom stereocenters. The molecule has 11 nitrogen and oxygen atoms in total. The summed E-state index contributed by atoms with van der Waals surface area (Å²) in [4.78, 5) is 25.1. The van der Waals surface area contributed by atoms with Gasteiger partial charge in [0.25, 0.3) is 0 Å². The molecule has 0 aromatic carbocycles. The molecule has 6 N–H and O–H groups in total. The van der Waals surface area contributed by atoms with Crippen molar-refractivity contribution in [3.8, 4) is 0 Å². The van der Waals surface area contributed by atoms with E-state index in [1.165, 1.54) is 173 Å². The van der Waals surface area contributed by atoms with Crippen LogP contribution in [0.5, 0.6) is 0 Å². The van der Waals surface area contributed by atoms with Crippen LogP contribution >= 0.6 is 0 Å². The maximum atomic E-state index is 13.0. The average molecular weight is 981 g/mol. The van der Waals surface area contributed by atoms with Gasteiger partial charge in [-0.1, -0.05) is 224 Å². The zero-order chi connectivity index (χ0) is 50.3. The Hall–Kier alpha value is -1.86. The Morgan fingerprint density at radius 2 is 0.928 bits per heavy atom. The molecule has 0 aliphatic carbocycles. The minimum Gasteiger partial charge on any atom is -0.466 e. The highest BCUT2D eigenvalue weighted by Gasteiger charge is 2.44. The number of nitrogens with one attached hydrogen (secondary N) is 1. The average Bonchev–Trinajstić information content (AvgIpc) is 3.34. The number of carbonyl (C=O) groups is 2. The molecular weight excluding hydrogens is 871 g/mol. The number of aliphatic hydroxyl groups is 5. The number of hydrogen-bond donors (Lipinski definition) is 6. The molecule has 1 saturated heterocycles. The van der Waals surface area contributed by atoms with Crippen LogP contribution < -0.4 is 5.32 Å². The van der Waals surface area contributed by atoms with E-state index in [4.69, 9.17) is 14.2 Å². The van der Waals surface area contributed by atoms with Gasteiger partial charge in [0, 0.05) is 12.8 Å². The number of ether oxygens (including phenoxy) is 3. The fourth-order valence-corrected chi connectivity index (χ4v) is 9.13. The lowest BCUT2D eigenvalue weighted by atomic mass is 9.99. The number of hydrogen-bond acceptors (Lipinski definition) is 10. The van der Waals surface area contributed by atoms with Crippen molar-refractivity contribution in [3.05, 3.63) is 24.3 Å². The van der Waals surface area contributed by atoms with Gasteiger partial charge in [0.1, 0.15) is 24.4 Å². The van der Waals surface area contributed by atoms with Gasteiger partial charge in [-0.25, -0.2) is 0 Å². The standard InChI is InChI=1S/C58H109NO10/c1-3-5-7-9-11-13-14-15-16-17-18-19-23-26-30-34-38-42-46-54(63)67-47-43-39-35-31-27-24-21-20-22-25-29-33-37-41-45-53(62)59-50(51(61)44-40-36-32-28-12-10-8-6-4-2)49-68-58-57(66)56(65)55(64)52(48-60)69-58/h16-17,40,44,50-52,55-58,60-61,64-66H,3-15,18-39,41-43,45-49H2,1-2H3,(H,59,62)/b17-16-,44-40+. The number of rotatable bonds is 50. The largest absolute Gasteiger partial charge is 0.466 e. The number of esters is 1. The van der Waals surface area contributed by atoms with Crippen molar-refractivity contribution in [2.45, 2.75) is 314 Å². The van der Waals surface area contributed by atoms with Crippen LogP contribution in [0.4, 0.5) is 0 Å². The Kier molecular flexibility index (Phi) is 45.7. The van der Waals surface area contributed by atoms with Gasteiger partial charge in [0.2, 0.25) is 5.91 Å². The summed E-state index contributed by atoms with van der Waals surface area (Å²) < 4.78 is 16.7. The first-order valence-corrected chi connectivity index (χ1v) is 29.1. The van der Waals surface area contributed by atoms with Gasteiger partial charge in [-0.15, -0.1) is 0 Å². The molecule has 0 aromatic rings. The van der Waals surface area contributed by atoms with Gasteiger partial charge in [0.05, 0.1) is 32.0 Å². The Balaban J connectivity index is 2.04. The van der Waals surface area contributed by atoms with Gasteiger partial charge in [-0.2, -0.15) is 0 Å². The van der Waals surface area contributed by atoms with Crippen molar-refractivity contribution < 1.29 is 49.3 Å². The fourth-order valence-electron chi connectivity index (χ4n) is 9.13. The molecule has 406 valence electrons. The van der Waals surface area contributed by atoms with Gasteiger partial charge < -0.3 is 45.1 Å². The molecule has 69 heavy (non-hydrogen) atoms. The lowest BCUT2D eigenvalue weighted by molar-refractivity contribution is -0.302. The first-order chi connectivity index (χ1) is 33.7. The number of unbranched alkanes of at least 4 members (excludes halogenated alkanes) is 34. The van der Waals surface area contributed by atoms with E-state index in [1.807, 2.05) is 6.08 Å². The predicted molar refractivity (Wildman–Crippen MR) is 283 cm³/mol. The Morgan fingerprint density at radius 3 is 1.39 bits per heavy atom. The summed E-state index contributed by atoms with van der Waals surface area (Å²) in [5.74, 6) is -0.220. The lowest BCUT2D eigenvalue weighted by Crippen LogP contribution is -2.60. The SMILES string of the molecule is CCCCCCCCC/C=C\CCCCCCCCCC(=O)OCCCCCCCCCCCCCCCCC(=O)NC(COC1OC(CO)C(O)C(O)C1O)C(O)/C=C/CCCCCCCCC. The number of carbonyl (C=O) groups excluding carboxylic acids is 2. The first kappa shape index (κ1) is 65.2. The smallest absolute Gasteiger partial charge is 0.305 e. The minimum atomic E-state index is -1.57. The van der Waals surface area contributed by atoms with Crippen molar-refractivity contribution in [2.24, 2.45) is 0 Å². The summed E-state index contributed by atoms with van der Waals surface area (Å²) >= 11 is 0. The molecular formula is C58H109NO10. The van der Waals surface area contributed by atoms with Crippen molar-refractivity contribution in [1.29, 1.82) is 0 Å². The minimum absolute atomic E-state index is 0.0259. The van der Waals surface area contributed by atoms with Crippen LogP contribution in [0.2, 0.25) is 0 Å². The van der Waals surface area contributed by atoms with Crippen LogP contribution in [-0.4, -0.2) is 100 Å². The third-order valence-electron chi connectivity index (χ3n) is 13.8. The van der Waals surface area contributed by atoms with Gasteiger partial charge in [0.15, 0.2) is 6.29 Å². The van der Waals surface area contributed by atoms with E-state index in [0.717, 1.165) is 70.6 Å². The molecule has 1 fully saturated rings. The molecule has 1 heterocycles. The third-order valence-corrected chi connectivity index (χ3v) is 13.8. The molecule has 7 unspecified atom stereocenters.